The second kappa shape index (κ2) is 10.4. The average molecular weight is 522 g/mol. The highest BCUT2D eigenvalue weighted by Crippen LogP contribution is 2.55. The van der Waals surface area contributed by atoms with E-state index >= 15 is 0 Å². The number of hydrogen-bond acceptors (Lipinski definition) is 8. The zero-order valence-electron chi connectivity index (χ0n) is 23.4. The largest absolute Gasteiger partial charge is 0.495 e. The Labute approximate surface area is 225 Å². The van der Waals surface area contributed by atoms with Crippen LogP contribution in [0.2, 0.25) is 0 Å². The van der Waals surface area contributed by atoms with E-state index in [0.29, 0.717) is 40.4 Å². The Bertz CT molecular complexity index is 1180. The molecule has 1 aromatic carbocycles. The zero-order chi connectivity index (χ0) is 27.8. The van der Waals surface area contributed by atoms with E-state index in [1.807, 2.05) is 0 Å². The minimum absolute atomic E-state index is 0.147. The fourth-order valence-electron chi connectivity index (χ4n) is 6.71. The Balaban J connectivity index is 1.42. The van der Waals surface area contributed by atoms with E-state index in [1.165, 1.54) is 7.11 Å². The number of carbonyl (C=O) groups is 1. The first-order valence-corrected chi connectivity index (χ1v) is 13.2. The van der Waals surface area contributed by atoms with Crippen LogP contribution in [0.4, 0.5) is 5.95 Å². The summed E-state index contributed by atoms with van der Waals surface area (Å²) in [5, 5.41) is 22.1. The van der Waals surface area contributed by atoms with Crippen LogP contribution in [0, 0.1) is 39.9 Å². The van der Waals surface area contributed by atoms with Gasteiger partial charge in [0.25, 0.3) is 5.91 Å². The number of hydrogen-bond donors (Lipinski definition) is 2. The molecule has 1 aliphatic heterocycles. The molecule has 0 radical (unpaired) electrons. The van der Waals surface area contributed by atoms with Crippen molar-refractivity contribution in [1.29, 1.82) is 5.26 Å². The van der Waals surface area contributed by atoms with E-state index in [4.69, 9.17) is 9.47 Å². The average Bonchev–Trinajstić information content (AvgIpc) is 2.89. The lowest BCUT2D eigenvalue weighted by molar-refractivity contribution is -0.164. The number of piperidine rings is 1. The smallest absolute Gasteiger partial charge is 0.254 e. The van der Waals surface area contributed by atoms with E-state index in [1.54, 1.807) is 30.6 Å². The molecule has 1 amide bonds. The standard InChI is InChI=1S/C29H39N5O4/c1-17-14-34(15-18(2)22(17)16-35)27-31-12-20(13-32-27)24(36)33-25-28(3,4)26(29(25,5)6)38-21-9-8-19(11-30)23(10-21)37-7/h8-10,12-13,17-18,22,25-26,35H,14-16H2,1-7H3,(H,33,36)/t17-,18+,22?,25?,26?. The molecular weight excluding hydrogens is 482 g/mol. The number of aliphatic hydroxyl groups is 1. The number of methoxy groups -OCH3 is 1. The van der Waals surface area contributed by atoms with Gasteiger partial charge in [0.2, 0.25) is 5.95 Å². The highest BCUT2D eigenvalue weighted by atomic mass is 16.5. The summed E-state index contributed by atoms with van der Waals surface area (Å²) in [7, 11) is 1.53. The SMILES string of the molecule is COc1cc(OC2C(C)(C)C(NC(=O)c3cnc(N4C[C@@H](C)C(CO)[C@@H](C)C4)nc3)C2(C)C)ccc1C#N. The fourth-order valence-corrected chi connectivity index (χ4v) is 6.71. The zero-order valence-corrected chi connectivity index (χ0v) is 23.4. The quantitative estimate of drug-likeness (QED) is 0.566. The highest BCUT2D eigenvalue weighted by molar-refractivity contribution is 5.94. The first-order valence-electron chi connectivity index (χ1n) is 13.2. The van der Waals surface area contributed by atoms with Gasteiger partial charge in [0, 0.05) is 55.0 Å². The normalized spacial score (nSPS) is 27.6. The van der Waals surface area contributed by atoms with Gasteiger partial charge >= 0.3 is 0 Å². The second-order valence-electron chi connectivity index (χ2n) is 12.0. The molecule has 1 aliphatic carbocycles. The predicted molar refractivity (Wildman–Crippen MR) is 144 cm³/mol. The lowest BCUT2D eigenvalue weighted by atomic mass is 9.49. The molecule has 2 aliphatic rings. The van der Waals surface area contributed by atoms with Gasteiger partial charge in [-0.15, -0.1) is 0 Å². The fraction of sp³-hybridized carbons (Fsp3) is 0.586. The molecule has 0 bridgehead atoms. The van der Waals surface area contributed by atoms with Crippen molar-refractivity contribution in [3.05, 3.63) is 41.7 Å². The molecule has 38 heavy (non-hydrogen) atoms. The number of ether oxygens (including phenoxy) is 2. The maximum atomic E-state index is 13.2. The molecule has 204 valence electrons. The van der Waals surface area contributed by atoms with E-state index < -0.39 is 0 Å². The Morgan fingerprint density at radius 3 is 2.29 bits per heavy atom. The molecule has 9 nitrogen and oxygen atoms in total. The van der Waals surface area contributed by atoms with Crippen molar-refractivity contribution in [3.63, 3.8) is 0 Å². The molecule has 2 heterocycles. The van der Waals surface area contributed by atoms with Crippen molar-refractivity contribution in [2.24, 2.45) is 28.6 Å². The summed E-state index contributed by atoms with van der Waals surface area (Å²) < 4.78 is 11.7. The number of amides is 1. The Kier molecular flexibility index (Phi) is 7.57. The number of nitriles is 1. The second-order valence-corrected chi connectivity index (χ2v) is 12.0. The summed E-state index contributed by atoms with van der Waals surface area (Å²) >= 11 is 0. The van der Waals surface area contributed by atoms with Gasteiger partial charge in [0.1, 0.15) is 23.7 Å². The maximum Gasteiger partial charge on any atom is 0.254 e. The number of nitrogens with zero attached hydrogens (tertiary/aromatic N) is 4. The molecule has 2 fully saturated rings. The Morgan fingerprint density at radius 1 is 1.16 bits per heavy atom. The topological polar surface area (TPSA) is 121 Å². The van der Waals surface area contributed by atoms with Crippen LogP contribution in [0.25, 0.3) is 0 Å². The van der Waals surface area contributed by atoms with Crippen LogP contribution in [0.3, 0.4) is 0 Å². The predicted octanol–water partition coefficient (Wildman–Crippen LogP) is 3.67. The molecular formula is C29H39N5O4. The van der Waals surface area contributed by atoms with Gasteiger partial charge in [-0.05, 0) is 29.9 Å². The monoisotopic (exact) mass is 521 g/mol. The number of anilines is 1. The van der Waals surface area contributed by atoms with Gasteiger partial charge < -0.3 is 24.8 Å². The van der Waals surface area contributed by atoms with Crippen molar-refractivity contribution in [2.75, 3.05) is 31.7 Å². The summed E-state index contributed by atoms with van der Waals surface area (Å²) in [6.07, 6.45) is 2.99. The minimum atomic E-state index is -0.357. The van der Waals surface area contributed by atoms with Crippen LogP contribution in [-0.2, 0) is 0 Å². The molecule has 1 aromatic heterocycles. The van der Waals surface area contributed by atoms with Gasteiger partial charge in [-0.1, -0.05) is 41.5 Å². The van der Waals surface area contributed by atoms with Gasteiger partial charge in [0.05, 0.1) is 18.2 Å². The van der Waals surface area contributed by atoms with Gasteiger partial charge in [-0.3, -0.25) is 4.79 Å². The number of benzene rings is 1. The van der Waals surface area contributed by atoms with Crippen LogP contribution in [0.1, 0.15) is 57.5 Å². The third-order valence-corrected chi connectivity index (χ3v) is 8.53. The highest BCUT2D eigenvalue weighted by Gasteiger charge is 2.64. The number of nitrogens with one attached hydrogen (secondary N) is 1. The van der Waals surface area contributed by atoms with Crippen LogP contribution >= 0.6 is 0 Å². The first-order chi connectivity index (χ1) is 17.9. The Hall–Kier alpha value is -3.38. The molecule has 3 atom stereocenters. The third-order valence-electron chi connectivity index (χ3n) is 8.53. The van der Waals surface area contributed by atoms with Gasteiger partial charge in [-0.2, -0.15) is 5.26 Å². The number of aromatic nitrogens is 2. The van der Waals surface area contributed by atoms with E-state index in [9.17, 15) is 15.2 Å². The minimum Gasteiger partial charge on any atom is -0.495 e. The van der Waals surface area contributed by atoms with Gasteiger partial charge in [-0.25, -0.2) is 9.97 Å². The summed E-state index contributed by atoms with van der Waals surface area (Å²) in [5.74, 6) is 2.41. The summed E-state index contributed by atoms with van der Waals surface area (Å²) in [4.78, 5) is 24.3. The van der Waals surface area contributed by atoms with E-state index in [0.717, 1.165) is 13.1 Å². The lowest BCUT2D eigenvalue weighted by Gasteiger charge is -2.63. The summed E-state index contributed by atoms with van der Waals surface area (Å²) in [6, 6.07) is 7.15. The van der Waals surface area contributed by atoms with E-state index in [-0.39, 0.29) is 41.4 Å². The van der Waals surface area contributed by atoms with Crippen LogP contribution in [-0.4, -0.2) is 59.9 Å². The summed E-state index contributed by atoms with van der Waals surface area (Å²) in [6.45, 7) is 14.3. The molecule has 2 aromatic rings. The molecule has 2 N–H and O–H groups in total. The van der Waals surface area contributed by atoms with Crippen molar-refractivity contribution >= 4 is 11.9 Å². The van der Waals surface area contributed by atoms with Crippen LogP contribution in [0.5, 0.6) is 11.5 Å². The number of rotatable bonds is 7. The first kappa shape index (κ1) is 27.6. The Morgan fingerprint density at radius 2 is 1.76 bits per heavy atom. The van der Waals surface area contributed by atoms with E-state index in [2.05, 4.69) is 67.8 Å². The number of carbonyl (C=O) groups excluding carboxylic acids is 1. The van der Waals surface area contributed by atoms with Crippen molar-refractivity contribution in [2.45, 2.75) is 53.7 Å². The lowest BCUT2D eigenvalue weighted by Crippen LogP contribution is -2.74. The molecule has 1 saturated carbocycles. The van der Waals surface area contributed by atoms with Crippen molar-refractivity contribution < 1.29 is 19.4 Å². The van der Waals surface area contributed by atoms with Gasteiger partial charge in [0.15, 0.2) is 0 Å². The van der Waals surface area contributed by atoms with Crippen LogP contribution < -0.4 is 19.7 Å². The third kappa shape index (κ3) is 4.90. The summed E-state index contributed by atoms with van der Waals surface area (Å²) in [5.41, 5.74) is 0.145. The maximum absolute atomic E-state index is 13.2. The molecule has 1 saturated heterocycles. The molecule has 0 spiro atoms. The number of aliphatic hydroxyl groups excluding tert-OH is 1. The van der Waals surface area contributed by atoms with Crippen LogP contribution in [0.15, 0.2) is 30.6 Å². The molecule has 1 unspecified atom stereocenters. The van der Waals surface area contributed by atoms with Crippen molar-refractivity contribution in [1.82, 2.24) is 15.3 Å². The molecule has 4 rings (SSSR count). The molecule has 9 heteroatoms. The van der Waals surface area contributed by atoms with Crippen molar-refractivity contribution in [3.8, 4) is 17.6 Å².